The van der Waals surface area contributed by atoms with Crippen LogP contribution in [0.3, 0.4) is 0 Å². The summed E-state index contributed by atoms with van der Waals surface area (Å²) in [6, 6.07) is 6.06. The van der Waals surface area contributed by atoms with Gasteiger partial charge < -0.3 is 4.74 Å². The summed E-state index contributed by atoms with van der Waals surface area (Å²) in [5.74, 6) is 1.38. The molecule has 0 aliphatic carbocycles. The second-order valence-corrected chi connectivity index (χ2v) is 2.99. The second kappa shape index (κ2) is 5.43. The molecule has 0 fully saturated rings. The molecule has 0 aliphatic rings. The van der Waals surface area contributed by atoms with Gasteiger partial charge in [-0.1, -0.05) is 13.8 Å². The van der Waals surface area contributed by atoms with E-state index in [-0.39, 0.29) is 5.82 Å². The smallest absolute Gasteiger partial charge is 0.127 e. The Morgan fingerprint density at radius 2 is 1.93 bits per heavy atom. The van der Waals surface area contributed by atoms with Crippen molar-refractivity contribution in [1.29, 1.82) is 0 Å². The van der Waals surface area contributed by atoms with E-state index in [4.69, 9.17) is 4.74 Å². The molecule has 0 atom stereocenters. The molecule has 2 heteroatoms. The maximum Gasteiger partial charge on any atom is 0.127 e. The van der Waals surface area contributed by atoms with Crippen LogP contribution in [0.25, 0.3) is 0 Å². The molecular formula is C12H15FO. The minimum absolute atomic E-state index is 0.241. The molecule has 0 radical (unpaired) electrons. The lowest BCUT2D eigenvalue weighted by Gasteiger charge is -2.07. The average Bonchev–Trinajstić information content (AvgIpc) is 2.20. The van der Waals surface area contributed by atoms with E-state index < -0.39 is 0 Å². The highest BCUT2D eigenvalue weighted by Gasteiger charge is 1.97. The van der Waals surface area contributed by atoms with E-state index >= 15 is 0 Å². The molecule has 1 aromatic rings. The molecule has 0 bridgehead atoms. The van der Waals surface area contributed by atoms with Crippen molar-refractivity contribution in [3.05, 3.63) is 41.9 Å². The molecular weight excluding hydrogens is 179 g/mol. The molecule has 0 aliphatic heterocycles. The number of allylic oxidation sites excluding steroid dienone is 2. The van der Waals surface area contributed by atoms with E-state index in [2.05, 4.69) is 6.92 Å². The van der Waals surface area contributed by atoms with Crippen LogP contribution in [0.4, 0.5) is 4.39 Å². The zero-order chi connectivity index (χ0) is 10.4. The van der Waals surface area contributed by atoms with Crippen molar-refractivity contribution in [3.8, 4) is 5.75 Å². The number of ether oxygens (including phenoxy) is 1. The molecule has 1 aromatic carbocycles. The van der Waals surface area contributed by atoms with Crippen LogP contribution in [0.1, 0.15) is 26.7 Å². The van der Waals surface area contributed by atoms with E-state index in [0.29, 0.717) is 5.75 Å². The van der Waals surface area contributed by atoms with E-state index in [9.17, 15) is 4.39 Å². The highest BCUT2D eigenvalue weighted by atomic mass is 19.1. The predicted molar refractivity (Wildman–Crippen MR) is 55.7 cm³/mol. The molecule has 0 saturated carbocycles. The Hall–Kier alpha value is -1.31. The Morgan fingerprint density at radius 3 is 2.43 bits per heavy atom. The quantitative estimate of drug-likeness (QED) is 0.660. The molecule has 76 valence electrons. The maximum atomic E-state index is 12.6. The minimum atomic E-state index is -0.241. The first-order chi connectivity index (χ1) is 6.76. The third kappa shape index (κ3) is 3.21. The lowest BCUT2D eigenvalue weighted by atomic mass is 10.3. The zero-order valence-corrected chi connectivity index (χ0v) is 8.59. The SMILES string of the molecule is CC/C=C(/CC)Oc1ccc(F)cc1. The third-order valence-electron chi connectivity index (χ3n) is 1.84. The van der Waals surface area contributed by atoms with E-state index in [1.807, 2.05) is 13.0 Å². The van der Waals surface area contributed by atoms with Gasteiger partial charge >= 0.3 is 0 Å². The number of hydrogen-bond acceptors (Lipinski definition) is 1. The van der Waals surface area contributed by atoms with Gasteiger partial charge in [-0.15, -0.1) is 0 Å². The summed E-state index contributed by atoms with van der Waals surface area (Å²) in [6.07, 6.45) is 3.83. The molecule has 0 saturated heterocycles. The van der Waals surface area contributed by atoms with Gasteiger partial charge in [0.1, 0.15) is 11.6 Å². The van der Waals surface area contributed by atoms with Crippen molar-refractivity contribution in [3.63, 3.8) is 0 Å². The second-order valence-electron chi connectivity index (χ2n) is 2.99. The van der Waals surface area contributed by atoms with Crippen molar-refractivity contribution in [1.82, 2.24) is 0 Å². The van der Waals surface area contributed by atoms with Gasteiger partial charge in [0.2, 0.25) is 0 Å². The third-order valence-corrected chi connectivity index (χ3v) is 1.84. The molecule has 14 heavy (non-hydrogen) atoms. The van der Waals surface area contributed by atoms with Gasteiger partial charge in [0.25, 0.3) is 0 Å². The summed E-state index contributed by atoms with van der Waals surface area (Å²) < 4.78 is 18.1. The van der Waals surface area contributed by atoms with E-state index in [1.54, 1.807) is 12.1 Å². The first-order valence-electron chi connectivity index (χ1n) is 4.88. The summed E-state index contributed by atoms with van der Waals surface area (Å²) >= 11 is 0. The first-order valence-corrected chi connectivity index (χ1v) is 4.88. The van der Waals surface area contributed by atoms with Crippen LogP contribution in [0, 0.1) is 5.82 Å². The Morgan fingerprint density at radius 1 is 1.29 bits per heavy atom. The topological polar surface area (TPSA) is 9.23 Å². The summed E-state index contributed by atoms with van der Waals surface area (Å²) in [5, 5.41) is 0. The number of benzene rings is 1. The van der Waals surface area contributed by atoms with Crippen LogP contribution in [-0.4, -0.2) is 0 Å². The van der Waals surface area contributed by atoms with Gasteiger partial charge in [-0.25, -0.2) is 4.39 Å². The largest absolute Gasteiger partial charge is 0.462 e. The fourth-order valence-corrected chi connectivity index (χ4v) is 1.14. The summed E-state index contributed by atoms with van der Waals surface area (Å²) in [6.45, 7) is 4.09. The molecule has 0 heterocycles. The van der Waals surface area contributed by atoms with Crippen molar-refractivity contribution in [2.75, 3.05) is 0 Å². The highest BCUT2D eigenvalue weighted by Crippen LogP contribution is 2.16. The van der Waals surface area contributed by atoms with Crippen LogP contribution in [0.5, 0.6) is 5.75 Å². The highest BCUT2D eigenvalue weighted by molar-refractivity contribution is 5.24. The van der Waals surface area contributed by atoms with Crippen molar-refractivity contribution in [2.24, 2.45) is 0 Å². The summed E-state index contributed by atoms with van der Waals surface area (Å²) in [4.78, 5) is 0. The minimum Gasteiger partial charge on any atom is -0.462 e. The molecule has 0 N–H and O–H groups in total. The van der Waals surface area contributed by atoms with Gasteiger partial charge in [0, 0.05) is 6.42 Å². The molecule has 0 amide bonds. The predicted octanol–water partition coefficient (Wildman–Crippen LogP) is 3.91. The summed E-state index contributed by atoms with van der Waals surface area (Å²) in [7, 11) is 0. The van der Waals surface area contributed by atoms with Gasteiger partial charge in [-0.3, -0.25) is 0 Å². The number of hydrogen-bond donors (Lipinski definition) is 0. The standard InChI is InChI=1S/C12H15FO/c1-3-5-11(4-2)14-12-8-6-10(13)7-9-12/h5-9H,3-4H2,1-2H3/b11-5-. The van der Waals surface area contributed by atoms with Gasteiger partial charge in [-0.05, 0) is 36.8 Å². The lowest BCUT2D eigenvalue weighted by molar-refractivity contribution is 0.406. The Bertz CT molecular complexity index is 301. The maximum absolute atomic E-state index is 12.6. The Labute approximate surface area is 84.2 Å². The summed E-state index contributed by atoms with van der Waals surface area (Å²) in [5.41, 5.74) is 0. The van der Waals surface area contributed by atoms with Crippen LogP contribution >= 0.6 is 0 Å². The lowest BCUT2D eigenvalue weighted by Crippen LogP contribution is -1.93. The Balaban J connectivity index is 2.67. The van der Waals surface area contributed by atoms with Crippen molar-refractivity contribution in [2.45, 2.75) is 26.7 Å². The van der Waals surface area contributed by atoms with Crippen LogP contribution in [-0.2, 0) is 0 Å². The van der Waals surface area contributed by atoms with Crippen LogP contribution in [0.2, 0.25) is 0 Å². The monoisotopic (exact) mass is 194 g/mol. The number of rotatable bonds is 4. The van der Waals surface area contributed by atoms with Crippen LogP contribution in [0.15, 0.2) is 36.1 Å². The molecule has 1 rings (SSSR count). The average molecular weight is 194 g/mol. The van der Waals surface area contributed by atoms with Gasteiger partial charge in [0.05, 0.1) is 5.76 Å². The fraction of sp³-hybridized carbons (Fsp3) is 0.333. The van der Waals surface area contributed by atoms with Gasteiger partial charge in [-0.2, -0.15) is 0 Å². The van der Waals surface area contributed by atoms with Gasteiger partial charge in [0.15, 0.2) is 0 Å². The zero-order valence-electron chi connectivity index (χ0n) is 8.59. The molecule has 0 spiro atoms. The van der Waals surface area contributed by atoms with E-state index in [1.165, 1.54) is 12.1 Å². The molecule has 0 unspecified atom stereocenters. The number of halogens is 1. The molecule has 1 nitrogen and oxygen atoms in total. The van der Waals surface area contributed by atoms with Crippen LogP contribution < -0.4 is 4.74 Å². The first kappa shape index (κ1) is 10.8. The van der Waals surface area contributed by atoms with E-state index in [0.717, 1.165) is 18.6 Å². The Kier molecular flexibility index (Phi) is 4.17. The fourth-order valence-electron chi connectivity index (χ4n) is 1.14. The normalized spacial score (nSPS) is 11.5. The van der Waals surface area contributed by atoms with Crippen molar-refractivity contribution >= 4 is 0 Å². The molecule has 0 aromatic heterocycles. The van der Waals surface area contributed by atoms with Crippen molar-refractivity contribution < 1.29 is 9.13 Å².